The molecular weight excluding hydrogens is 286 g/mol. The first-order valence-electron chi connectivity index (χ1n) is 6.86. The fraction of sp³-hybridized carbons (Fsp3) is 0.267. The maximum atomic E-state index is 12.4. The molecule has 0 unspecified atom stereocenters. The van der Waals surface area contributed by atoms with Crippen LogP contribution in [-0.2, 0) is 16.6 Å². The van der Waals surface area contributed by atoms with Crippen LogP contribution < -0.4 is 10.0 Å². The van der Waals surface area contributed by atoms with Crippen molar-refractivity contribution in [1.29, 1.82) is 0 Å². The van der Waals surface area contributed by atoms with Crippen LogP contribution in [0.4, 0.5) is 5.69 Å². The highest BCUT2D eigenvalue weighted by Gasteiger charge is 2.17. The van der Waals surface area contributed by atoms with Gasteiger partial charge in [0, 0.05) is 12.7 Å². The quantitative estimate of drug-likeness (QED) is 0.824. The second-order valence-electron chi connectivity index (χ2n) is 4.57. The Morgan fingerprint density at radius 1 is 1.10 bits per heavy atom. The van der Waals surface area contributed by atoms with E-state index in [1.165, 1.54) is 0 Å². The summed E-state index contributed by atoms with van der Waals surface area (Å²) in [4.78, 5) is 4.36. The number of nitrogens with zero attached hydrogens (tertiary/aromatic N) is 1. The van der Waals surface area contributed by atoms with Gasteiger partial charge >= 0.3 is 0 Å². The Balaban J connectivity index is 2.15. The molecule has 0 fully saturated rings. The van der Waals surface area contributed by atoms with E-state index in [0.29, 0.717) is 11.4 Å². The van der Waals surface area contributed by atoms with Crippen molar-refractivity contribution in [3.63, 3.8) is 0 Å². The van der Waals surface area contributed by atoms with E-state index in [-0.39, 0.29) is 11.4 Å². The molecule has 2 aromatic rings. The van der Waals surface area contributed by atoms with Gasteiger partial charge in [-0.1, -0.05) is 25.1 Å². The lowest BCUT2D eigenvalue weighted by Crippen LogP contribution is -2.24. The van der Waals surface area contributed by atoms with Gasteiger partial charge < -0.3 is 5.32 Å². The third-order valence-corrected chi connectivity index (χ3v) is 4.37. The van der Waals surface area contributed by atoms with Gasteiger partial charge in [-0.15, -0.1) is 0 Å². The zero-order chi connectivity index (χ0) is 15.1. The van der Waals surface area contributed by atoms with Crippen molar-refractivity contribution in [3.05, 3.63) is 54.4 Å². The molecule has 1 heterocycles. The summed E-state index contributed by atoms with van der Waals surface area (Å²) in [5.74, 6) is 0. The first-order valence-corrected chi connectivity index (χ1v) is 8.34. The fourth-order valence-electron chi connectivity index (χ4n) is 1.86. The molecule has 0 atom stereocenters. The van der Waals surface area contributed by atoms with Gasteiger partial charge in [0.25, 0.3) is 0 Å². The average molecular weight is 305 g/mol. The molecule has 1 aromatic heterocycles. The highest BCUT2D eigenvalue weighted by Crippen LogP contribution is 2.20. The molecule has 0 aliphatic carbocycles. The molecule has 0 amide bonds. The minimum absolute atomic E-state index is 0.172. The first-order chi connectivity index (χ1) is 10.1. The van der Waals surface area contributed by atoms with Crippen molar-refractivity contribution < 1.29 is 8.42 Å². The van der Waals surface area contributed by atoms with E-state index in [0.717, 1.165) is 13.0 Å². The normalized spacial score (nSPS) is 11.3. The number of hydrogen-bond donors (Lipinski definition) is 2. The van der Waals surface area contributed by atoms with Crippen LogP contribution in [0.25, 0.3) is 0 Å². The van der Waals surface area contributed by atoms with Crippen molar-refractivity contribution in [1.82, 2.24) is 9.71 Å². The predicted molar refractivity (Wildman–Crippen MR) is 83.5 cm³/mol. The van der Waals surface area contributed by atoms with Crippen molar-refractivity contribution in [2.45, 2.75) is 24.8 Å². The van der Waals surface area contributed by atoms with Gasteiger partial charge in [-0.2, -0.15) is 0 Å². The maximum Gasteiger partial charge on any atom is 0.242 e. The fourth-order valence-corrected chi connectivity index (χ4v) is 3.04. The number of pyridine rings is 1. The van der Waals surface area contributed by atoms with Crippen LogP contribution in [0.15, 0.2) is 53.6 Å². The molecule has 0 saturated heterocycles. The number of hydrogen-bond acceptors (Lipinski definition) is 4. The van der Waals surface area contributed by atoms with E-state index in [1.807, 2.05) is 19.1 Å². The van der Waals surface area contributed by atoms with Crippen molar-refractivity contribution >= 4 is 15.7 Å². The maximum absolute atomic E-state index is 12.4. The van der Waals surface area contributed by atoms with Crippen molar-refractivity contribution in [3.8, 4) is 0 Å². The zero-order valence-electron chi connectivity index (χ0n) is 11.9. The predicted octanol–water partition coefficient (Wildman–Crippen LogP) is 2.38. The lowest BCUT2D eigenvalue weighted by molar-refractivity contribution is 0.580. The van der Waals surface area contributed by atoms with E-state index in [2.05, 4.69) is 15.0 Å². The molecule has 21 heavy (non-hydrogen) atoms. The Morgan fingerprint density at radius 3 is 2.57 bits per heavy atom. The number of nitrogens with one attached hydrogen (secondary N) is 2. The second kappa shape index (κ2) is 7.19. The van der Waals surface area contributed by atoms with Crippen LogP contribution in [0, 0.1) is 0 Å². The molecule has 112 valence electrons. The van der Waals surface area contributed by atoms with Gasteiger partial charge in [0.1, 0.15) is 4.90 Å². The Morgan fingerprint density at radius 2 is 1.86 bits per heavy atom. The summed E-state index contributed by atoms with van der Waals surface area (Å²) in [6, 6.07) is 12.3. The van der Waals surface area contributed by atoms with E-state index in [1.54, 1.807) is 36.5 Å². The van der Waals surface area contributed by atoms with Crippen molar-refractivity contribution in [2.75, 3.05) is 11.9 Å². The summed E-state index contributed by atoms with van der Waals surface area (Å²) in [6.45, 7) is 2.93. The monoisotopic (exact) mass is 305 g/mol. The van der Waals surface area contributed by atoms with Gasteiger partial charge in [-0.25, -0.2) is 13.1 Å². The summed E-state index contributed by atoms with van der Waals surface area (Å²) in [7, 11) is -3.57. The lowest BCUT2D eigenvalue weighted by Gasteiger charge is -2.12. The number of benzene rings is 1. The minimum atomic E-state index is -3.57. The van der Waals surface area contributed by atoms with Crippen LogP contribution >= 0.6 is 0 Å². The van der Waals surface area contributed by atoms with Gasteiger partial charge in [0.2, 0.25) is 10.0 Å². The molecule has 0 bridgehead atoms. The second-order valence-corrected chi connectivity index (χ2v) is 6.30. The molecule has 1 aromatic carbocycles. The third kappa shape index (κ3) is 4.27. The molecule has 0 saturated carbocycles. The van der Waals surface area contributed by atoms with E-state index in [4.69, 9.17) is 0 Å². The van der Waals surface area contributed by atoms with Crippen LogP contribution in [-0.4, -0.2) is 19.9 Å². The number of sulfonamides is 1. The number of anilines is 1. The van der Waals surface area contributed by atoms with Crippen LogP contribution in [0.1, 0.15) is 19.0 Å². The number of para-hydroxylation sites is 1. The van der Waals surface area contributed by atoms with Gasteiger partial charge in [0.05, 0.1) is 17.9 Å². The third-order valence-electron chi connectivity index (χ3n) is 2.91. The molecule has 0 aliphatic heterocycles. The van der Waals surface area contributed by atoms with Gasteiger partial charge in [0.15, 0.2) is 0 Å². The highest BCUT2D eigenvalue weighted by atomic mass is 32.2. The largest absolute Gasteiger partial charge is 0.384 e. The molecule has 2 N–H and O–H groups in total. The van der Waals surface area contributed by atoms with Crippen molar-refractivity contribution in [2.24, 2.45) is 0 Å². The van der Waals surface area contributed by atoms with Crippen LogP contribution in [0.3, 0.4) is 0 Å². The zero-order valence-corrected chi connectivity index (χ0v) is 12.7. The summed E-state index contributed by atoms with van der Waals surface area (Å²) in [6.07, 6.45) is 2.57. The first kappa shape index (κ1) is 15.5. The number of rotatable bonds is 7. The van der Waals surface area contributed by atoms with Crippen LogP contribution in [0.2, 0.25) is 0 Å². The topological polar surface area (TPSA) is 71.1 Å². The lowest BCUT2D eigenvalue weighted by atomic mass is 10.3. The molecule has 2 rings (SSSR count). The summed E-state index contributed by atoms with van der Waals surface area (Å²) in [5, 5.41) is 3.13. The van der Waals surface area contributed by atoms with Crippen LogP contribution in [0.5, 0.6) is 0 Å². The molecular formula is C15H19N3O2S. The van der Waals surface area contributed by atoms with E-state index >= 15 is 0 Å². The van der Waals surface area contributed by atoms with E-state index < -0.39 is 10.0 Å². The summed E-state index contributed by atoms with van der Waals surface area (Å²) < 4.78 is 27.4. The molecule has 0 spiro atoms. The standard InChI is InChI=1S/C15H19N3O2S/c1-2-10-17-14-8-3-4-9-15(14)21(19,20)18-12-13-7-5-6-11-16-13/h3-9,11,17-18H,2,10,12H2,1H3. The minimum Gasteiger partial charge on any atom is -0.384 e. The summed E-state index contributed by atoms with van der Waals surface area (Å²) in [5.41, 5.74) is 1.30. The average Bonchev–Trinajstić information content (AvgIpc) is 2.52. The smallest absolute Gasteiger partial charge is 0.242 e. The summed E-state index contributed by atoms with van der Waals surface area (Å²) >= 11 is 0. The highest BCUT2D eigenvalue weighted by molar-refractivity contribution is 7.89. The molecule has 5 nitrogen and oxygen atoms in total. The number of aromatic nitrogens is 1. The van der Waals surface area contributed by atoms with E-state index in [9.17, 15) is 8.42 Å². The van der Waals surface area contributed by atoms with Gasteiger partial charge in [-0.3, -0.25) is 4.98 Å². The molecule has 0 radical (unpaired) electrons. The molecule has 0 aliphatic rings. The Kier molecular flexibility index (Phi) is 5.30. The SMILES string of the molecule is CCCNc1ccccc1S(=O)(=O)NCc1ccccn1. The Labute approximate surface area is 125 Å². The molecule has 6 heteroatoms. The Hall–Kier alpha value is -1.92. The Bertz CT molecular complexity index is 672. The van der Waals surface area contributed by atoms with Gasteiger partial charge in [-0.05, 0) is 30.7 Å².